The minimum absolute atomic E-state index is 0.690. The van der Waals surface area contributed by atoms with Crippen LogP contribution in [0.15, 0.2) is 42.3 Å². The molecular weight excluding hydrogens is 148 g/mol. The third kappa shape index (κ3) is 3.09. The Balaban J connectivity index is 2.57. The second kappa shape index (κ2) is 5.22. The average Bonchev–Trinajstić information content (AvgIpc) is 2.14. The summed E-state index contributed by atoms with van der Waals surface area (Å²) in [6.07, 6.45) is 3.46. The van der Waals surface area contributed by atoms with Gasteiger partial charge in [0.25, 0.3) is 0 Å². The van der Waals surface area contributed by atoms with E-state index in [1.54, 1.807) is 6.26 Å². The predicted octanol–water partition coefficient (Wildman–Crippen LogP) is 2.85. The highest BCUT2D eigenvalue weighted by Gasteiger charge is 1.78. The molecule has 0 amide bonds. The van der Waals surface area contributed by atoms with E-state index in [1.165, 1.54) is 0 Å². The van der Waals surface area contributed by atoms with Gasteiger partial charge in [-0.05, 0) is 18.6 Å². The van der Waals surface area contributed by atoms with Crippen LogP contribution in [0.1, 0.15) is 12.5 Å². The monoisotopic (exact) mass is 160 g/mol. The summed E-state index contributed by atoms with van der Waals surface area (Å²) >= 11 is 0. The van der Waals surface area contributed by atoms with E-state index in [-0.39, 0.29) is 0 Å². The second-order valence-corrected chi connectivity index (χ2v) is 2.29. The van der Waals surface area contributed by atoms with Gasteiger partial charge in [0, 0.05) is 0 Å². The van der Waals surface area contributed by atoms with E-state index in [0.717, 1.165) is 5.56 Å². The van der Waals surface area contributed by atoms with Crippen LogP contribution in [-0.2, 0) is 4.74 Å². The molecule has 0 unspecified atom stereocenters. The van der Waals surface area contributed by atoms with Crippen molar-refractivity contribution in [2.24, 2.45) is 0 Å². The fraction of sp³-hybridized carbons (Fsp3) is 0.182. The lowest BCUT2D eigenvalue weighted by Gasteiger charge is -1.88. The van der Waals surface area contributed by atoms with Gasteiger partial charge in [0.1, 0.15) is 6.26 Å². The van der Waals surface area contributed by atoms with Gasteiger partial charge in [-0.25, -0.2) is 0 Å². The maximum Gasteiger partial charge on any atom is 0.125 e. The third-order valence-electron chi connectivity index (χ3n) is 1.37. The molecule has 62 valence electrons. The first-order chi connectivity index (χ1) is 5.93. The Hall–Kier alpha value is -1.46. The van der Waals surface area contributed by atoms with E-state index >= 15 is 0 Å². The molecule has 0 spiro atoms. The van der Waals surface area contributed by atoms with Gasteiger partial charge < -0.3 is 4.74 Å². The molecule has 0 saturated carbocycles. The highest BCUT2D eigenvalue weighted by molar-refractivity contribution is 5.47. The molecule has 0 aliphatic heterocycles. The topological polar surface area (TPSA) is 9.23 Å². The fourth-order valence-corrected chi connectivity index (χ4v) is 0.811. The summed E-state index contributed by atoms with van der Waals surface area (Å²) < 4.78 is 4.99. The molecular formula is C11H12O. The summed E-state index contributed by atoms with van der Waals surface area (Å²) in [7, 11) is 0. The SMILES string of the molecule is CCOC=C=Cc1ccccc1. The molecule has 0 radical (unpaired) electrons. The Morgan fingerprint density at radius 3 is 2.75 bits per heavy atom. The van der Waals surface area contributed by atoms with Gasteiger partial charge in [0.2, 0.25) is 0 Å². The smallest absolute Gasteiger partial charge is 0.125 e. The Kier molecular flexibility index (Phi) is 3.76. The quantitative estimate of drug-likeness (QED) is 0.488. The number of benzene rings is 1. The zero-order valence-electron chi connectivity index (χ0n) is 7.16. The predicted molar refractivity (Wildman–Crippen MR) is 50.6 cm³/mol. The van der Waals surface area contributed by atoms with Crippen LogP contribution in [0.25, 0.3) is 6.08 Å². The van der Waals surface area contributed by atoms with Gasteiger partial charge in [-0.2, -0.15) is 0 Å². The molecule has 1 heteroatoms. The van der Waals surface area contributed by atoms with Crippen LogP contribution in [0.2, 0.25) is 0 Å². The van der Waals surface area contributed by atoms with E-state index < -0.39 is 0 Å². The Morgan fingerprint density at radius 2 is 2.08 bits per heavy atom. The average molecular weight is 160 g/mol. The van der Waals surface area contributed by atoms with Crippen molar-refractivity contribution in [3.05, 3.63) is 47.9 Å². The van der Waals surface area contributed by atoms with Crippen LogP contribution in [-0.4, -0.2) is 6.61 Å². The Morgan fingerprint density at radius 1 is 1.33 bits per heavy atom. The summed E-state index contributed by atoms with van der Waals surface area (Å²) in [5.74, 6) is 0. The van der Waals surface area contributed by atoms with Crippen molar-refractivity contribution < 1.29 is 4.74 Å². The van der Waals surface area contributed by atoms with Crippen molar-refractivity contribution in [3.63, 3.8) is 0 Å². The standard InChI is InChI=1S/C11H12O/c1-2-12-10-6-9-11-7-4-3-5-8-11/h3-5,7-10H,2H2,1H3. The summed E-state index contributed by atoms with van der Waals surface area (Å²) in [5, 5.41) is 0. The second-order valence-electron chi connectivity index (χ2n) is 2.29. The first-order valence-electron chi connectivity index (χ1n) is 4.01. The van der Waals surface area contributed by atoms with E-state index in [1.807, 2.05) is 43.3 Å². The first kappa shape index (κ1) is 8.63. The van der Waals surface area contributed by atoms with Gasteiger partial charge in [0.05, 0.1) is 6.61 Å². The van der Waals surface area contributed by atoms with Crippen molar-refractivity contribution in [3.8, 4) is 0 Å². The lowest BCUT2D eigenvalue weighted by molar-refractivity contribution is 0.270. The minimum atomic E-state index is 0.690. The molecule has 0 aliphatic carbocycles. The summed E-state index contributed by atoms with van der Waals surface area (Å²) in [5.41, 5.74) is 4.06. The van der Waals surface area contributed by atoms with Gasteiger partial charge >= 0.3 is 0 Å². The number of hydrogen-bond donors (Lipinski definition) is 0. The molecule has 12 heavy (non-hydrogen) atoms. The molecule has 0 saturated heterocycles. The van der Waals surface area contributed by atoms with E-state index in [2.05, 4.69) is 5.73 Å². The zero-order chi connectivity index (χ0) is 8.65. The van der Waals surface area contributed by atoms with E-state index in [4.69, 9.17) is 4.74 Å². The molecule has 0 heterocycles. The lowest BCUT2D eigenvalue weighted by atomic mass is 10.2. The fourth-order valence-electron chi connectivity index (χ4n) is 0.811. The Bertz CT molecular complexity index is 268. The molecule has 0 aromatic heterocycles. The van der Waals surface area contributed by atoms with Crippen molar-refractivity contribution in [2.45, 2.75) is 6.92 Å². The van der Waals surface area contributed by atoms with Crippen LogP contribution < -0.4 is 0 Å². The van der Waals surface area contributed by atoms with Crippen molar-refractivity contribution in [2.75, 3.05) is 6.61 Å². The first-order valence-corrected chi connectivity index (χ1v) is 4.01. The number of hydrogen-bond acceptors (Lipinski definition) is 1. The van der Waals surface area contributed by atoms with Crippen molar-refractivity contribution in [1.29, 1.82) is 0 Å². The lowest BCUT2D eigenvalue weighted by Crippen LogP contribution is -1.73. The van der Waals surface area contributed by atoms with E-state index in [0.29, 0.717) is 6.61 Å². The molecule has 1 nitrogen and oxygen atoms in total. The van der Waals surface area contributed by atoms with Crippen molar-refractivity contribution >= 4 is 6.08 Å². The molecule has 0 bridgehead atoms. The normalized spacial score (nSPS) is 8.42. The maximum absolute atomic E-state index is 4.99. The molecule has 0 fully saturated rings. The largest absolute Gasteiger partial charge is 0.493 e. The molecule has 0 atom stereocenters. The van der Waals surface area contributed by atoms with Gasteiger partial charge in [-0.3, -0.25) is 0 Å². The minimum Gasteiger partial charge on any atom is -0.493 e. The number of ether oxygens (including phenoxy) is 1. The maximum atomic E-state index is 4.99. The molecule has 1 aromatic carbocycles. The molecule has 0 N–H and O–H groups in total. The summed E-state index contributed by atoms with van der Waals surface area (Å²) in [6.45, 7) is 2.64. The molecule has 0 aliphatic rings. The highest BCUT2D eigenvalue weighted by atomic mass is 16.5. The third-order valence-corrected chi connectivity index (χ3v) is 1.37. The zero-order valence-corrected chi connectivity index (χ0v) is 7.16. The Labute approximate surface area is 73.0 Å². The van der Waals surface area contributed by atoms with Gasteiger partial charge in [0.15, 0.2) is 0 Å². The van der Waals surface area contributed by atoms with E-state index in [9.17, 15) is 0 Å². The summed E-state index contributed by atoms with van der Waals surface area (Å²) in [4.78, 5) is 0. The van der Waals surface area contributed by atoms with Crippen molar-refractivity contribution in [1.82, 2.24) is 0 Å². The number of rotatable bonds is 3. The molecule has 1 aromatic rings. The van der Waals surface area contributed by atoms with Crippen LogP contribution >= 0.6 is 0 Å². The van der Waals surface area contributed by atoms with Crippen LogP contribution in [0, 0.1) is 0 Å². The highest BCUT2D eigenvalue weighted by Crippen LogP contribution is 1.98. The van der Waals surface area contributed by atoms with Crippen LogP contribution in [0.3, 0.4) is 0 Å². The molecule has 1 rings (SSSR count). The van der Waals surface area contributed by atoms with Gasteiger partial charge in [-0.1, -0.05) is 36.1 Å². The van der Waals surface area contributed by atoms with Crippen LogP contribution in [0.4, 0.5) is 0 Å². The van der Waals surface area contributed by atoms with Crippen LogP contribution in [0.5, 0.6) is 0 Å². The van der Waals surface area contributed by atoms with Gasteiger partial charge in [-0.15, -0.1) is 0 Å². The summed E-state index contributed by atoms with van der Waals surface area (Å²) in [6, 6.07) is 10.0.